The van der Waals surface area contributed by atoms with Crippen LogP contribution in [0.2, 0.25) is 0 Å². The van der Waals surface area contributed by atoms with Crippen LogP contribution < -0.4 is 5.32 Å². The molecule has 1 amide bonds. The number of furan rings is 1. The summed E-state index contributed by atoms with van der Waals surface area (Å²) in [6.07, 6.45) is 0. The van der Waals surface area contributed by atoms with Gasteiger partial charge >= 0.3 is 0 Å². The summed E-state index contributed by atoms with van der Waals surface area (Å²) in [5.41, 5.74) is 0.664. The van der Waals surface area contributed by atoms with Crippen LogP contribution in [0.25, 0.3) is 0 Å². The van der Waals surface area contributed by atoms with Crippen LogP contribution in [0.5, 0.6) is 0 Å². The number of nitrogens with one attached hydrogen (secondary N) is 1. The van der Waals surface area contributed by atoms with Crippen molar-refractivity contribution in [3.8, 4) is 0 Å². The SMILES string of the molecule is Cc1ccc(C(C)NC(=O)c2cccc(I)c2)o1. The lowest BCUT2D eigenvalue weighted by Crippen LogP contribution is -2.26. The first kappa shape index (κ1) is 13.1. The zero-order valence-electron chi connectivity index (χ0n) is 10.2. The van der Waals surface area contributed by atoms with E-state index in [2.05, 4.69) is 27.9 Å². The maximum absolute atomic E-state index is 12.0. The summed E-state index contributed by atoms with van der Waals surface area (Å²) in [7, 11) is 0. The second-order valence-corrected chi connectivity index (χ2v) is 5.40. The molecule has 94 valence electrons. The molecule has 0 spiro atoms. The molecule has 0 aliphatic heterocycles. The minimum absolute atomic E-state index is 0.0879. The minimum Gasteiger partial charge on any atom is -0.464 e. The Bertz CT molecular complexity index is 562. The quantitative estimate of drug-likeness (QED) is 0.854. The summed E-state index contributed by atoms with van der Waals surface area (Å²) in [6, 6.07) is 11.1. The minimum atomic E-state index is -0.135. The third kappa shape index (κ3) is 3.13. The molecule has 1 heterocycles. The van der Waals surface area contributed by atoms with Crippen molar-refractivity contribution in [1.29, 1.82) is 0 Å². The van der Waals surface area contributed by atoms with E-state index >= 15 is 0 Å². The molecule has 2 aromatic rings. The van der Waals surface area contributed by atoms with Crippen LogP contribution in [0.3, 0.4) is 0 Å². The maximum Gasteiger partial charge on any atom is 0.251 e. The van der Waals surface area contributed by atoms with Gasteiger partial charge in [-0.25, -0.2) is 0 Å². The molecule has 3 nitrogen and oxygen atoms in total. The third-order valence-electron chi connectivity index (χ3n) is 2.62. The van der Waals surface area contributed by atoms with Crippen LogP contribution in [0.4, 0.5) is 0 Å². The van der Waals surface area contributed by atoms with E-state index < -0.39 is 0 Å². The molecule has 1 aromatic heterocycles. The number of benzene rings is 1. The first-order valence-electron chi connectivity index (χ1n) is 5.69. The van der Waals surface area contributed by atoms with Gasteiger partial charge in [0.15, 0.2) is 0 Å². The summed E-state index contributed by atoms with van der Waals surface area (Å²) in [5.74, 6) is 1.53. The Morgan fingerprint density at radius 1 is 1.33 bits per heavy atom. The number of carbonyl (C=O) groups is 1. The largest absolute Gasteiger partial charge is 0.464 e. The predicted octanol–water partition coefficient (Wildman–Crippen LogP) is 3.68. The number of hydrogen-bond acceptors (Lipinski definition) is 2. The Balaban J connectivity index is 2.08. The molecule has 18 heavy (non-hydrogen) atoms. The molecule has 0 radical (unpaired) electrons. The van der Waals surface area contributed by atoms with Gasteiger partial charge in [0.2, 0.25) is 0 Å². The molecular formula is C14H14INO2. The van der Waals surface area contributed by atoms with E-state index in [4.69, 9.17) is 4.42 Å². The Kier molecular flexibility index (Phi) is 4.06. The van der Waals surface area contributed by atoms with Gasteiger partial charge in [-0.3, -0.25) is 4.79 Å². The molecule has 2 rings (SSSR count). The van der Waals surface area contributed by atoms with Crippen LogP contribution in [0.1, 0.15) is 34.8 Å². The monoisotopic (exact) mass is 355 g/mol. The van der Waals surface area contributed by atoms with Gasteiger partial charge in [0, 0.05) is 9.13 Å². The van der Waals surface area contributed by atoms with Crippen molar-refractivity contribution >= 4 is 28.5 Å². The third-order valence-corrected chi connectivity index (χ3v) is 3.29. The zero-order valence-corrected chi connectivity index (χ0v) is 12.4. The maximum atomic E-state index is 12.0. The number of amides is 1. The molecule has 1 aromatic carbocycles. The molecule has 0 fully saturated rings. The topological polar surface area (TPSA) is 42.2 Å². The highest BCUT2D eigenvalue weighted by molar-refractivity contribution is 14.1. The van der Waals surface area contributed by atoms with Crippen LogP contribution >= 0.6 is 22.6 Å². The average molecular weight is 355 g/mol. The van der Waals surface area contributed by atoms with Crippen molar-refractivity contribution < 1.29 is 9.21 Å². The first-order chi connectivity index (χ1) is 8.56. The molecule has 0 aliphatic carbocycles. The highest BCUT2D eigenvalue weighted by Gasteiger charge is 2.14. The van der Waals surface area contributed by atoms with Crippen LogP contribution in [0.15, 0.2) is 40.8 Å². The normalized spacial score (nSPS) is 12.2. The lowest BCUT2D eigenvalue weighted by Gasteiger charge is -2.11. The van der Waals surface area contributed by atoms with E-state index in [1.54, 1.807) is 6.07 Å². The molecule has 1 unspecified atom stereocenters. The summed E-state index contributed by atoms with van der Waals surface area (Å²) in [5, 5.41) is 2.92. The number of hydrogen-bond donors (Lipinski definition) is 1. The van der Waals surface area contributed by atoms with Gasteiger partial charge in [0.05, 0.1) is 6.04 Å². The number of halogens is 1. The number of rotatable bonds is 3. The molecular weight excluding hydrogens is 341 g/mol. The fourth-order valence-electron chi connectivity index (χ4n) is 1.67. The van der Waals surface area contributed by atoms with Crippen molar-refractivity contribution in [2.75, 3.05) is 0 Å². The molecule has 0 aliphatic rings. The number of carbonyl (C=O) groups excluding carboxylic acids is 1. The fraction of sp³-hybridized carbons (Fsp3) is 0.214. The Labute approximate surface area is 120 Å². The lowest BCUT2D eigenvalue weighted by atomic mass is 10.2. The fourth-order valence-corrected chi connectivity index (χ4v) is 2.21. The summed E-state index contributed by atoms with van der Waals surface area (Å²) in [4.78, 5) is 12.0. The van der Waals surface area contributed by atoms with E-state index in [9.17, 15) is 4.79 Å². The van der Waals surface area contributed by atoms with Crippen molar-refractivity contribution in [2.24, 2.45) is 0 Å². The highest BCUT2D eigenvalue weighted by atomic mass is 127. The van der Waals surface area contributed by atoms with Crippen LogP contribution in [-0.2, 0) is 0 Å². The summed E-state index contributed by atoms with van der Waals surface area (Å²) >= 11 is 2.19. The highest BCUT2D eigenvalue weighted by Crippen LogP contribution is 2.16. The molecule has 1 N–H and O–H groups in total. The predicted molar refractivity (Wildman–Crippen MR) is 78.5 cm³/mol. The van der Waals surface area contributed by atoms with Crippen molar-refractivity contribution in [3.05, 3.63) is 57.1 Å². The average Bonchev–Trinajstić information content (AvgIpc) is 2.76. The van der Waals surface area contributed by atoms with Gasteiger partial charge in [0.1, 0.15) is 11.5 Å². The molecule has 4 heteroatoms. The van der Waals surface area contributed by atoms with Crippen LogP contribution in [-0.4, -0.2) is 5.91 Å². The van der Waals surface area contributed by atoms with Crippen molar-refractivity contribution in [3.63, 3.8) is 0 Å². The second-order valence-electron chi connectivity index (χ2n) is 4.15. The molecule has 0 saturated heterocycles. The second kappa shape index (κ2) is 5.56. The molecule has 0 bridgehead atoms. The van der Waals surface area contributed by atoms with E-state index in [1.807, 2.05) is 44.2 Å². The van der Waals surface area contributed by atoms with Gasteiger partial charge in [-0.2, -0.15) is 0 Å². The van der Waals surface area contributed by atoms with Crippen LogP contribution in [0, 0.1) is 10.5 Å². The Morgan fingerprint density at radius 2 is 2.11 bits per heavy atom. The van der Waals surface area contributed by atoms with E-state index in [0.29, 0.717) is 5.56 Å². The van der Waals surface area contributed by atoms with Gasteiger partial charge in [-0.15, -0.1) is 0 Å². The van der Waals surface area contributed by atoms with E-state index in [0.717, 1.165) is 15.1 Å². The summed E-state index contributed by atoms with van der Waals surface area (Å²) < 4.78 is 6.53. The Morgan fingerprint density at radius 3 is 2.72 bits per heavy atom. The van der Waals surface area contributed by atoms with Crippen molar-refractivity contribution in [2.45, 2.75) is 19.9 Å². The zero-order chi connectivity index (χ0) is 13.1. The smallest absolute Gasteiger partial charge is 0.251 e. The molecule has 1 atom stereocenters. The van der Waals surface area contributed by atoms with Gasteiger partial charge in [-0.05, 0) is 66.8 Å². The van der Waals surface area contributed by atoms with Gasteiger partial charge in [-0.1, -0.05) is 6.07 Å². The Hall–Kier alpha value is -1.30. The molecule has 0 saturated carbocycles. The van der Waals surface area contributed by atoms with Gasteiger partial charge in [0.25, 0.3) is 5.91 Å². The summed E-state index contributed by atoms with van der Waals surface area (Å²) in [6.45, 7) is 3.79. The van der Waals surface area contributed by atoms with Gasteiger partial charge < -0.3 is 9.73 Å². The van der Waals surface area contributed by atoms with Crippen molar-refractivity contribution in [1.82, 2.24) is 5.32 Å². The lowest BCUT2D eigenvalue weighted by molar-refractivity contribution is 0.0935. The first-order valence-corrected chi connectivity index (χ1v) is 6.77. The van der Waals surface area contributed by atoms with E-state index in [-0.39, 0.29) is 11.9 Å². The van der Waals surface area contributed by atoms with E-state index in [1.165, 1.54) is 0 Å². The standard InChI is InChI=1S/C14H14INO2/c1-9-6-7-13(18-9)10(2)16-14(17)11-4-3-5-12(15)8-11/h3-8,10H,1-2H3,(H,16,17). The number of aryl methyl sites for hydroxylation is 1.